The first-order valence-electron chi connectivity index (χ1n) is 6.12. The minimum Gasteiger partial charge on any atom is -0.481 e. The molecule has 2 atom stereocenters. The van der Waals surface area contributed by atoms with Gasteiger partial charge in [0.05, 0.1) is 0 Å². The summed E-state index contributed by atoms with van der Waals surface area (Å²) < 4.78 is 18.1. The van der Waals surface area contributed by atoms with Gasteiger partial charge in [0, 0.05) is 6.04 Å². The summed E-state index contributed by atoms with van der Waals surface area (Å²) >= 11 is 0. The second-order valence-corrected chi connectivity index (χ2v) is 4.76. The molecule has 0 heterocycles. The Morgan fingerprint density at radius 1 is 1.17 bits per heavy atom. The Morgan fingerprint density at radius 3 is 2.22 bits per heavy atom. The molecule has 3 nitrogen and oxygen atoms in total. The second kappa shape index (κ2) is 6.38. The lowest BCUT2D eigenvalue weighted by atomic mass is 10.1. The van der Waals surface area contributed by atoms with Crippen molar-refractivity contribution in [3.8, 4) is 5.75 Å². The lowest BCUT2D eigenvalue weighted by molar-refractivity contribution is -0.128. The molecule has 4 heteroatoms. The molecule has 0 aromatic heterocycles. The molecule has 0 spiro atoms. The number of nitrogens with one attached hydrogen (secondary N) is 1. The summed E-state index contributed by atoms with van der Waals surface area (Å²) in [7, 11) is 0. The van der Waals surface area contributed by atoms with Crippen molar-refractivity contribution in [2.75, 3.05) is 0 Å². The Morgan fingerprint density at radius 2 is 1.72 bits per heavy atom. The van der Waals surface area contributed by atoms with E-state index in [0.29, 0.717) is 11.7 Å². The fraction of sp³-hybridized carbons (Fsp3) is 0.500. The van der Waals surface area contributed by atoms with Gasteiger partial charge in [0.15, 0.2) is 6.10 Å². The fourth-order valence-electron chi connectivity index (χ4n) is 1.28. The van der Waals surface area contributed by atoms with E-state index in [1.807, 2.05) is 20.8 Å². The van der Waals surface area contributed by atoms with Gasteiger partial charge in [-0.1, -0.05) is 13.8 Å². The lowest BCUT2D eigenvalue weighted by Gasteiger charge is -2.21. The van der Waals surface area contributed by atoms with Crippen LogP contribution in [-0.2, 0) is 4.79 Å². The van der Waals surface area contributed by atoms with Crippen LogP contribution in [-0.4, -0.2) is 18.1 Å². The molecule has 1 rings (SSSR count). The zero-order chi connectivity index (χ0) is 13.7. The maximum absolute atomic E-state index is 12.7. The number of carbonyl (C=O) groups is 1. The van der Waals surface area contributed by atoms with Crippen molar-refractivity contribution in [3.05, 3.63) is 30.1 Å². The number of benzene rings is 1. The van der Waals surface area contributed by atoms with Crippen LogP contribution >= 0.6 is 0 Å². The summed E-state index contributed by atoms with van der Waals surface area (Å²) in [5.74, 6) is 0.358. The third-order valence-electron chi connectivity index (χ3n) is 2.87. The molecule has 0 fully saturated rings. The van der Waals surface area contributed by atoms with E-state index >= 15 is 0 Å². The summed E-state index contributed by atoms with van der Waals surface area (Å²) in [5, 5.41) is 2.87. The highest BCUT2D eigenvalue weighted by Gasteiger charge is 2.18. The third-order valence-corrected chi connectivity index (χ3v) is 2.87. The van der Waals surface area contributed by atoms with Crippen molar-refractivity contribution in [3.63, 3.8) is 0 Å². The second-order valence-electron chi connectivity index (χ2n) is 4.76. The molecule has 18 heavy (non-hydrogen) atoms. The Labute approximate surface area is 107 Å². The van der Waals surface area contributed by atoms with Gasteiger partial charge in [0.1, 0.15) is 11.6 Å². The van der Waals surface area contributed by atoms with E-state index in [0.717, 1.165) is 0 Å². The molecular formula is C14H20FNO2. The van der Waals surface area contributed by atoms with Gasteiger partial charge >= 0.3 is 0 Å². The molecular weight excluding hydrogens is 233 g/mol. The Kier molecular flexibility index (Phi) is 5.13. The predicted molar refractivity (Wildman–Crippen MR) is 68.9 cm³/mol. The Bertz CT molecular complexity index is 389. The van der Waals surface area contributed by atoms with Gasteiger partial charge in [-0.3, -0.25) is 4.79 Å². The first kappa shape index (κ1) is 14.5. The SMILES string of the molecule is CC(C)[C@@H](C)NC(=O)[C@H](C)Oc1ccc(F)cc1. The smallest absolute Gasteiger partial charge is 0.260 e. The highest BCUT2D eigenvalue weighted by Crippen LogP contribution is 2.13. The first-order valence-corrected chi connectivity index (χ1v) is 6.12. The monoisotopic (exact) mass is 253 g/mol. The Hall–Kier alpha value is -1.58. The molecule has 0 aliphatic heterocycles. The van der Waals surface area contributed by atoms with E-state index in [-0.39, 0.29) is 17.8 Å². The topological polar surface area (TPSA) is 38.3 Å². The zero-order valence-electron chi connectivity index (χ0n) is 11.2. The van der Waals surface area contributed by atoms with Gasteiger partial charge in [-0.25, -0.2) is 4.39 Å². The molecule has 1 aromatic carbocycles. The molecule has 0 bridgehead atoms. The van der Waals surface area contributed by atoms with Gasteiger partial charge in [-0.2, -0.15) is 0 Å². The van der Waals surface area contributed by atoms with E-state index in [2.05, 4.69) is 5.32 Å². The van der Waals surface area contributed by atoms with Crippen molar-refractivity contribution in [1.29, 1.82) is 0 Å². The molecule has 100 valence electrons. The number of rotatable bonds is 5. The van der Waals surface area contributed by atoms with Crippen LogP contribution in [0.25, 0.3) is 0 Å². The molecule has 0 saturated carbocycles. The summed E-state index contributed by atoms with van der Waals surface area (Å²) in [5.41, 5.74) is 0. The van der Waals surface area contributed by atoms with Crippen molar-refractivity contribution in [1.82, 2.24) is 5.32 Å². The minimum absolute atomic E-state index is 0.0942. The summed E-state index contributed by atoms with van der Waals surface area (Å²) in [4.78, 5) is 11.8. The number of halogens is 1. The summed E-state index contributed by atoms with van der Waals surface area (Å²) in [6.07, 6.45) is -0.600. The summed E-state index contributed by atoms with van der Waals surface area (Å²) in [6.45, 7) is 7.70. The lowest BCUT2D eigenvalue weighted by Crippen LogP contribution is -2.43. The number of hydrogen-bond acceptors (Lipinski definition) is 2. The number of ether oxygens (including phenoxy) is 1. The van der Waals surface area contributed by atoms with E-state index in [1.165, 1.54) is 24.3 Å². The molecule has 0 saturated heterocycles. The molecule has 0 radical (unpaired) electrons. The van der Waals surface area contributed by atoms with E-state index < -0.39 is 6.10 Å². The number of carbonyl (C=O) groups excluding carboxylic acids is 1. The average Bonchev–Trinajstić information content (AvgIpc) is 2.31. The first-order chi connectivity index (χ1) is 8.40. The Balaban J connectivity index is 2.52. The largest absolute Gasteiger partial charge is 0.481 e. The molecule has 0 unspecified atom stereocenters. The molecule has 0 aliphatic carbocycles. The molecule has 1 aromatic rings. The average molecular weight is 253 g/mol. The summed E-state index contributed by atoms with van der Waals surface area (Å²) in [6, 6.07) is 5.71. The van der Waals surface area contributed by atoms with Gasteiger partial charge in [-0.15, -0.1) is 0 Å². The van der Waals surface area contributed by atoms with Crippen LogP contribution in [0, 0.1) is 11.7 Å². The maximum atomic E-state index is 12.7. The normalized spacial score (nSPS) is 14.1. The highest BCUT2D eigenvalue weighted by atomic mass is 19.1. The van der Waals surface area contributed by atoms with Gasteiger partial charge in [0.2, 0.25) is 0 Å². The van der Waals surface area contributed by atoms with Crippen LogP contribution in [0.5, 0.6) is 5.75 Å². The zero-order valence-corrected chi connectivity index (χ0v) is 11.2. The van der Waals surface area contributed by atoms with Gasteiger partial charge in [-0.05, 0) is 44.0 Å². The number of amides is 1. The van der Waals surface area contributed by atoms with Crippen LogP contribution in [0.15, 0.2) is 24.3 Å². The van der Waals surface area contributed by atoms with Crippen LogP contribution in [0.2, 0.25) is 0 Å². The highest BCUT2D eigenvalue weighted by molar-refractivity contribution is 5.80. The minimum atomic E-state index is -0.600. The number of hydrogen-bond donors (Lipinski definition) is 1. The van der Waals surface area contributed by atoms with Crippen LogP contribution in [0.4, 0.5) is 4.39 Å². The van der Waals surface area contributed by atoms with E-state index in [1.54, 1.807) is 6.92 Å². The third kappa shape index (κ3) is 4.35. The van der Waals surface area contributed by atoms with Crippen molar-refractivity contribution < 1.29 is 13.9 Å². The fourth-order valence-corrected chi connectivity index (χ4v) is 1.28. The van der Waals surface area contributed by atoms with Gasteiger partial charge in [0.25, 0.3) is 5.91 Å². The van der Waals surface area contributed by atoms with E-state index in [9.17, 15) is 9.18 Å². The maximum Gasteiger partial charge on any atom is 0.260 e. The molecule has 1 N–H and O–H groups in total. The van der Waals surface area contributed by atoms with Crippen LogP contribution in [0.3, 0.4) is 0 Å². The quantitative estimate of drug-likeness (QED) is 0.876. The standard InChI is InChI=1S/C14H20FNO2/c1-9(2)10(3)16-14(17)11(4)18-13-7-5-12(15)6-8-13/h5-11H,1-4H3,(H,16,17)/t10-,11+/m1/s1. The molecule has 0 aliphatic rings. The van der Waals surface area contributed by atoms with Crippen LogP contribution < -0.4 is 10.1 Å². The van der Waals surface area contributed by atoms with Crippen molar-refractivity contribution in [2.24, 2.45) is 5.92 Å². The van der Waals surface area contributed by atoms with Crippen LogP contribution in [0.1, 0.15) is 27.7 Å². The van der Waals surface area contributed by atoms with Gasteiger partial charge < -0.3 is 10.1 Å². The molecule has 1 amide bonds. The van der Waals surface area contributed by atoms with Crippen molar-refractivity contribution in [2.45, 2.75) is 39.8 Å². The van der Waals surface area contributed by atoms with E-state index in [4.69, 9.17) is 4.74 Å². The van der Waals surface area contributed by atoms with Crippen molar-refractivity contribution >= 4 is 5.91 Å². The predicted octanol–water partition coefficient (Wildman–Crippen LogP) is 2.75.